The summed E-state index contributed by atoms with van der Waals surface area (Å²) in [6.07, 6.45) is 0. The fraction of sp³-hybridized carbons (Fsp3) is 0. The zero-order valence-electron chi connectivity index (χ0n) is 12.9. The highest BCUT2D eigenvalue weighted by Gasteiger charge is 2.28. The molecule has 8 heteroatoms. The number of fused-ring (bicyclic) bond motifs is 3. The Bertz CT molecular complexity index is 1140. The van der Waals surface area contributed by atoms with Gasteiger partial charge in [-0.25, -0.2) is 19.2 Å². The van der Waals surface area contributed by atoms with Crippen LogP contribution < -0.4 is 0 Å². The Morgan fingerprint density at radius 2 is 1.19 bits per heavy atom. The van der Waals surface area contributed by atoms with Crippen molar-refractivity contribution < 1.29 is 39.6 Å². The Hall–Kier alpha value is -3.94. The van der Waals surface area contributed by atoms with Gasteiger partial charge in [0.15, 0.2) is 0 Å². The average Bonchev–Trinajstić information content (AvgIpc) is 2.58. The zero-order chi connectivity index (χ0) is 19.2. The Morgan fingerprint density at radius 1 is 0.615 bits per heavy atom. The van der Waals surface area contributed by atoms with E-state index in [1.54, 1.807) is 6.07 Å². The first-order chi connectivity index (χ1) is 12.2. The Kier molecular flexibility index (Phi) is 3.80. The van der Waals surface area contributed by atoms with E-state index in [0.29, 0.717) is 0 Å². The molecule has 3 aromatic carbocycles. The first kappa shape index (κ1) is 16.9. The van der Waals surface area contributed by atoms with Crippen LogP contribution in [0, 0.1) is 0 Å². The van der Waals surface area contributed by atoms with Gasteiger partial charge in [-0.2, -0.15) is 0 Å². The summed E-state index contributed by atoms with van der Waals surface area (Å²) in [5.41, 5.74) is -2.18. The minimum atomic E-state index is -1.62. The van der Waals surface area contributed by atoms with Gasteiger partial charge in [0.25, 0.3) is 0 Å². The van der Waals surface area contributed by atoms with E-state index in [2.05, 4.69) is 0 Å². The van der Waals surface area contributed by atoms with E-state index >= 15 is 0 Å². The van der Waals surface area contributed by atoms with Crippen LogP contribution in [-0.4, -0.2) is 44.3 Å². The maximum absolute atomic E-state index is 11.8. The molecule has 0 saturated heterocycles. The predicted octanol–water partition coefficient (Wildman–Crippen LogP) is 2.79. The minimum Gasteiger partial charge on any atom is -0.478 e. The summed E-state index contributed by atoms with van der Waals surface area (Å²) < 4.78 is 0. The number of aromatic carboxylic acids is 4. The molecule has 130 valence electrons. The van der Waals surface area contributed by atoms with Gasteiger partial charge in [-0.15, -0.1) is 0 Å². The van der Waals surface area contributed by atoms with Crippen LogP contribution in [0.4, 0.5) is 0 Å². The zero-order valence-corrected chi connectivity index (χ0v) is 12.9. The molecule has 3 aromatic rings. The lowest BCUT2D eigenvalue weighted by molar-refractivity contribution is 0.0654. The smallest absolute Gasteiger partial charge is 0.337 e. The second-order valence-electron chi connectivity index (χ2n) is 5.46. The summed E-state index contributed by atoms with van der Waals surface area (Å²) in [4.78, 5) is 46.5. The predicted molar refractivity (Wildman–Crippen MR) is 89.3 cm³/mol. The van der Waals surface area contributed by atoms with Crippen molar-refractivity contribution in [3.05, 3.63) is 58.7 Å². The van der Waals surface area contributed by atoms with Gasteiger partial charge in [0.1, 0.15) is 0 Å². The van der Waals surface area contributed by atoms with Crippen LogP contribution in [-0.2, 0) is 0 Å². The molecule has 0 fully saturated rings. The monoisotopic (exact) mass is 354 g/mol. The largest absolute Gasteiger partial charge is 0.478 e. The van der Waals surface area contributed by atoms with Crippen LogP contribution in [0.15, 0.2) is 36.4 Å². The summed E-state index contributed by atoms with van der Waals surface area (Å²) >= 11 is 0. The molecule has 0 radical (unpaired) electrons. The van der Waals surface area contributed by atoms with E-state index in [9.17, 15) is 39.6 Å². The van der Waals surface area contributed by atoms with Gasteiger partial charge >= 0.3 is 23.9 Å². The topological polar surface area (TPSA) is 149 Å². The standard InChI is InChI=1S/C18H10O8/c19-15(20)7-5-10-8-3-1-2-4-9(8)13(17(23)24)14(18(25)26)12(10)11(6-7)16(21)22/h1-6H,(H,19,20)(H,21,22)(H,23,24)(H,25,26). The van der Waals surface area contributed by atoms with Crippen LogP contribution in [0.3, 0.4) is 0 Å². The van der Waals surface area contributed by atoms with Crippen molar-refractivity contribution in [3.8, 4) is 0 Å². The number of rotatable bonds is 4. The fourth-order valence-corrected chi connectivity index (χ4v) is 3.05. The van der Waals surface area contributed by atoms with E-state index in [1.807, 2.05) is 0 Å². The molecule has 8 nitrogen and oxygen atoms in total. The van der Waals surface area contributed by atoms with E-state index in [-0.39, 0.29) is 27.1 Å². The molecule has 0 aliphatic carbocycles. The third-order valence-corrected chi connectivity index (χ3v) is 4.03. The van der Waals surface area contributed by atoms with Crippen molar-refractivity contribution >= 4 is 45.4 Å². The first-order valence-electron chi connectivity index (χ1n) is 7.19. The first-order valence-corrected chi connectivity index (χ1v) is 7.19. The Labute approximate surface area is 144 Å². The molecule has 26 heavy (non-hydrogen) atoms. The second-order valence-corrected chi connectivity index (χ2v) is 5.46. The SMILES string of the molecule is O=C(O)c1cc(C(=O)O)c2c(C(=O)O)c(C(=O)O)c3ccccc3c2c1. The lowest BCUT2D eigenvalue weighted by Gasteiger charge is -2.15. The van der Waals surface area contributed by atoms with Gasteiger partial charge in [0, 0.05) is 5.39 Å². The number of carbonyl (C=O) groups is 4. The molecule has 0 amide bonds. The number of carboxylic acids is 4. The summed E-state index contributed by atoms with van der Waals surface area (Å²) in [7, 11) is 0. The second kappa shape index (κ2) is 5.85. The van der Waals surface area contributed by atoms with Gasteiger partial charge in [-0.05, 0) is 28.3 Å². The fourth-order valence-electron chi connectivity index (χ4n) is 3.05. The molecular weight excluding hydrogens is 344 g/mol. The molecule has 0 spiro atoms. The van der Waals surface area contributed by atoms with E-state index < -0.39 is 40.6 Å². The molecule has 0 atom stereocenters. The van der Waals surface area contributed by atoms with Gasteiger partial charge in [-0.1, -0.05) is 24.3 Å². The van der Waals surface area contributed by atoms with E-state index in [0.717, 1.165) is 12.1 Å². The van der Waals surface area contributed by atoms with Crippen molar-refractivity contribution in [3.63, 3.8) is 0 Å². The van der Waals surface area contributed by atoms with Crippen molar-refractivity contribution in [1.29, 1.82) is 0 Å². The Balaban J connectivity index is 2.76. The van der Waals surface area contributed by atoms with Crippen molar-refractivity contribution in [1.82, 2.24) is 0 Å². The average molecular weight is 354 g/mol. The Morgan fingerprint density at radius 3 is 1.69 bits per heavy atom. The van der Waals surface area contributed by atoms with Crippen molar-refractivity contribution in [2.75, 3.05) is 0 Å². The maximum Gasteiger partial charge on any atom is 0.337 e. The normalized spacial score (nSPS) is 10.8. The van der Waals surface area contributed by atoms with Gasteiger partial charge in [-0.3, -0.25) is 0 Å². The number of carboxylic acid groups (broad SMARTS) is 4. The van der Waals surface area contributed by atoms with E-state index in [1.165, 1.54) is 18.2 Å². The summed E-state index contributed by atoms with van der Waals surface area (Å²) in [5.74, 6) is -6.10. The van der Waals surface area contributed by atoms with Gasteiger partial charge in [0.2, 0.25) is 0 Å². The molecule has 0 aromatic heterocycles. The molecule has 0 bridgehead atoms. The number of hydrogen-bond acceptors (Lipinski definition) is 4. The van der Waals surface area contributed by atoms with Crippen molar-refractivity contribution in [2.45, 2.75) is 0 Å². The molecule has 4 N–H and O–H groups in total. The third kappa shape index (κ3) is 2.40. The van der Waals surface area contributed by atoms with E-state index in [4.69, 9.17) is 0 Å². The summed E-state index contributed by atoms with van der Waals surface area (Å²) in [6.45, 7) is 0. The van der Waals surface area contributed by atoms with Crippen LogP contribution in [0.1, 0.15) is 41.4 Å². The molecule has 3 rings (SSSR count). The van der Waals surface area contributed by atoms with Crippen LogP contribution in [0.2, 0.25) is 0 Å². The molecule has 0 unspecified atom stereocenters. The summed E-state index contributed by atoms with van der Waals surface area (Å²) in [5, 5.41) is 37.9. The van der Waals surface area contributed by atoms with Gasteiger partial charge in [0.05, 0.1) is 22.3 Å². The third-order valence-electron chi connectivity index (χ3n) is 4.03. The highest BCUT2D eigenvalue weighted by molar-refractivity contribution is 6.27. The molecule has 0 aliphatic heterocycles. The highest BCUT2D eigenvalue weighted by atomic mass is 16.4. The molecule has 0 aliphatic rings. The van der Waals surface area contributed by atoms with Crippen LogP contribution >= 0.6 is 0 Å². The number of hydrogen-bond donors (Lipinski definition) is 4. The van der Waals surface area contributed by atoms with Crippen LogP contribution in [0.25, 0.3) is 21.5 Å². The van der Waals surface area contributed by atoms with Gasteiger partial charge < -0.3 is 20.4 Å². The van der Waals surface area contributed by atoms with Crippen LogP contribution in [0.5, 0.6) is 0 Å². The summed E-state index contributed by atoms with van der Waals surface area (Å²) in [6, 6.07) is 7.89. The lowest BCUT2D eigenvalue weighted by atomic mass is 9.88. The molecule has 0 saturated carbocycles. The number of benzene rings is 3. The maximum atomic E-state index is 11.8. The minimum absolute atomic E-state index is 0.0419. The molecular formula is C18H10O8. The molecule has 0 heterocycles. The quantitative estimate of drug-likeness (QED) is 0.522. The lowest BCUT2D eigenvalue weighted by Crippen LogP contribution is -2.13. The highest BCUT2D eigenvalue weighted by Crippen LogP contribution is 2.36. The van der Waals surface area contributed by atoms with Crippen molar-refractivity contribution in [2.24, 2.45) is 0 Å².